The molecule has 10 aromatic rings. The van der Waals surface area contributed by atoms with Crippen LogP contribution >= 0.6 is 0 Å². The summed E-state index contributed by atoms with van der Waals surface area (Å²) in [6.45, 7) is 0. The minimum Gasteiger partial charge on any atom is -0.310 e. The number of rotatable bonds is 5. The zero-order valence-corrected chi connectivity index (χ0v) is 32.8. The topological polar surface area (TPSA) is 25.5 Å². The average Bonchev–Trinajstić information content (AvgIpc) is 4.03. The minimum atomic E-state index is -0.442. The number of benzene rings is 8. The van der Waals surface area contributed by atoms with E-state index in [1.165, 1.54) is 55.6 Å². The smallest absolute Gasteiger partial charge is 0.220 e. The molecular weight excluding hydrogens is 729 g/mol. The molecule has 282 valence electrons. The van der Waals surface area contributed by atoms with Gasteiger partial charge in [0.05, 0.1) is 33.2 Å². The van der Waals surface area contributed by atoms with Gasteiger partial charge in [-0.1, -0.05) is 152 Å². The number of aromatic nitrogens is 3. The van der Waals surface area contributed by atoms with E-state index in [2.05, 4.69) is 220 Å². The molecule has 0 radical (unpaired) electrons. The molecule has 8 aromatic carbocycles. The van der Waals surface area contributed by atoms with E-state index in [1.807, 2.05) is 0 Å². The van der Waals surface area contributed by atoms with E-state index in [1.54, 1.807) is 0 Å². The zero-order valence-electron chi connectivity index (χ0n) is 32.8. The number of anilines is 3. The predicted molar refractivity (Wildman–Crippen MR) is 247 cm³/mol. The third-order valence-electron chi connectivity index (χ3n) is 13.1. The molecule has 0 bridgehead atoms. The number of hydrogen-bond donors (Lipinski definition) is 0. The van der Waals surface area contributed by atoms with Crippen LogP contribution in [0.1, 0.15) is 35.1 Å². The maximum Gasteiger partial charge on any atom is 0.220 e. The number of hydrogen-bond acceptors (Lipinski definition) is 2. The van der Waals surface area contributed by atoms with Crippen molar-refractivity contribution in [3.8, 4) is 33.4 Å². The highest BCUT2D eigenvalue weighted by molar-refractivity contribution is 6.02. The van der Waals surface area contributed by atoms with Crippen molar-refractivity contribution in [1.29, 1.82) is 0 Å². The lowest BCUT2D eigenvalue weighted by Gasteiger charge is -2.32. The van der Waals surface area contributed by atoms with Gasteiger partial charge in [-0.2, -0.15) is 0 Å². The fourth-order valence-electron chi connectivity index (χ4n) is 10.7. The van der Waals surface area contributed by atoms with Gasteiger partial charge in [-0.05, 0) is 118 Å². The fraction of sp³-hybridized carbons (Fsp3) is 0.0536. The third-order valence-corrected chi connectivity index (χ3v) is 13.1. The van der Waals surface area contributed by atoms with Crippen LogP contribution in [0.2, 0.25) is 0 Å². The zero-order chi connectivity index (χ0) is 39.4. The molecule has 1 spiro atoms. The molecule has 0 saturated carbocycles. The molecule has 2 aromatic heterocycles. The Morgan fingerprint density at radius 1 is 0.483 bits per heavy atom. The second-order valence-electron chi connectivity index (χ2n) is 16.2. The van der Waals surface area contributed by atoms with Crippen LogP contribution in [-0.4, -0.2) is 14.0 Å². The molecule has 0 unspecified atom stereocenters. The van der Waals surface area contributed by atoms with Gasteiger partial charge in [0.25, 0.3) is 0 Å². The maximum absolute atomic E-state index is 5.24. The van der Waals surface area contributed by atoms with Gasteiger partial charge in [0.1, 0.15) is 0 Å². The van der Waals surface area contributed by atoms with Crippen LogP contribution in [-0.2, 0) is 5.41 Å². The Bertz CT molecular complexity index is 3390. The Hall–Kier alpha value is -7.69. The Labute approximate surface area is 348 Å². The molecule has 3 aliphatic carbocycles. The summed E-state index contributed by atoms with van der Waals surface area (Å²) >= 11 is 0. The summed E-state index contributed by atoms with van der Waals surface area (Å²) < 4.78 is 4.68. The van der Waals surface area contributed by atoms with E-state index in [9.17, 15) is 0 Å². The highest BCUT2D eigenvalue weighted by Gasteiger charge is 2.52. The van der Waals surface area contributed by atoms with Gasteiger partial charge in [-0.3, -0.25) is 8.97 Å². The first-order valence-corrected chi connectivity index (χ1v) is 21.0. The normalized spacial score (nSPS) is 14.4. The summed E-state index contributed by atoms with van der Waals surface area (Å²) in [5, 5.41) is 0. The molecule has 0 amide bonds. The number of imidazole rings is 2. The van der Waals surface area contributed by atoms with Crippen molar-refractivity contribution < 1.29 is 0 Å². The minimum absolute atomic E-state index is 0.442. The molecule has 13 rings (SSSR count). The largest absolute Gasteiger partial charge is 0.310 e. The number of nitrogens with zero attached hydrogens (tertiary/aromatic N) is 4. The van der Waals surface area contributed by atoms with E-state index in [-0.39, 0.29) is 0 Å². The van der Waals surface area contributed by atoms with Crippen molar-refractivity contribution >= 4 is 50.6 Å². The lowest BCUT2D eigenvalue weighted by atomic mass is 9.70. The SMILES string of the molecule is C1=CC(n2c3ccc(N(c4ccc(-c5ccccc5)cc4)c4cccc5c4-c4ccccc4C54c5ccccc5-c5ccccc54)cc3n3c4ccccc4nc23)=CCC1. The van der Waals surface area contributed by atoms with Crippen molar-refractivity contribution in [1.82, 2.24) is 14.0 Å². The van der Waals surface area contributed by atoms with Crippen molar-refractivity contribution in [3.05, 3.63) is 229 Å². The van der Waals surface area contributed by atoms with Crippen molar-refractivity contribution in [3.63, 3.8) is 0 Å². The van der Waals surface area contributed by atoms with Gasteiger partial charge < -0.3 is 4.90 Å². The molecule has 60 heavy (non-hydrogen) atoms. The Morgan fingerprint density at radius 3 is 1.87 bits per heavy atom. The second-order valence-corrected chi connectivity index (χ2v) is 16.2. The van der Waals surface area contributed by atoms with Gasteiger partial charge in [-0.15, -0.1) is 0 Å². The van der Waals surface area contributed by atoms with Crippen LogP contribution in [0.4, 0.5) is 17.1 Å². The first-order chi connectivity index (χ1) is 29.8. The predicted octanol–water partition coefficient (Wildman–Crippen LogP) is 14.1. The Kier molecular flexibility index (Phi) is 7.02. The molecule has 3 aliphatic rings. The van der Waals surface area contributed by atoms with Gasteiger partial charge in [0, 0.05) is 22.6 Å². The summed E-state index contributed by atoms with van der Waals surface area (Å²) in [5.41, 5.74) is 21.3. The molecule has 0 saturated heterocycles. The third kappa shape index (κ3) is 4.48. The summed E-state index contributed by atoms with van der Waals surface area (Å²) in [6, 6.07) is 69.4. The first-order valence-electron chi connectivity index (χ1n) is 21.0. The van der Waals surface area contributed by atoms with Crippen LogP contribution in [0.25, 0.3) is 66.9 Å². The monoisotopic (exact) mass is 766 g/mol. The van der Waals surface area contributed by atoms with E-state index >= 15 is 0 Å². The Morgan fingerprint density at radius 2 is 1.12 bits per heavy atom. The molecule has 0 aliphatic heterocycles. The molecule has 0 N–H and O–H groups in total. The van der Waals surface area contributed by atoms with Crippen molar-refractivity contribution in [2.24, 2.45) is 0 Å². The van der Waals surface area contributed by atoms with Crippen LogP contribution in [0.15, 0.2) is 206 Å². The Balaban J connectivity index is 1.10. The molecule has 0 atom stereocenters. The highest BCUT2D eigenvalue weighted by Crippen LogP contribution is 2.64. The quantitative estimate of drug-likeness (QED) is 0.174. The van der Waals surface area contributed by atoms with E-state index in [0.29, 0.717) is 0 Å². The maximum atomic E-state index is 5.24. The summed E-state index contributed by atoms with van der Waals surface area (Å²) in [7, 11) is 0. The van der Waals surface area contributed by atoms with Crippen LogP contribution < -0.4 is 4.90 Å². The number of fused-ring (bicyclic) bond motifs is 15. The highest BCUT2D eigenvalue weighted by atomic mass is 15.2. The second kappa shape index (κ2) is 12.7. The van der Waals surface area contributed by atoms with Crippen molar-refractivity contribution in [2.75, 3.05) is 4.90 Å². The number of allylic oxidation sites excluding steroid dienone is 4. The van der Waals surface area contributed by atoms with Gasteiger partial charge >= 0.3 is 0 Å². The fourth-order valence-corrected chi connectivity index (χ4v) is 10.7. The average molecular weight is 767 g/mol. The van der Waals surface area contributed by atoms with Crippen LogP contribution in [0.5, 0.6) is 0 Å². The van der Waals surface area contributed by atoms with E-state index in [0.717, 1.165) is 63.4 Å². The summed E-state index contributed by atoms with van der Waals surface area (Å²) in [6.07, 6.45) is 8.93. The van der Waals surface area contributed by atoms with Crippen LogP contribution in [0, 0.1) is 0 Å². The van der Waals surface area contributed by atoms with Crippen LogP contribution in [0.3, 0.4) is 0 Å². The molecule has 4 heteroatoms. The standard InChI is InChI=1S/C56H38N4/c1-3-16-37(17-4-1)38-30-32-40(33-31-38)58(41-34-35-51-53(36-41)60-50-28-14-13-27-49(50)57-55(60)59(51)39-18-5-2-6-19-39)52-29-15-26-48-54(52)44-22-9-12-25-47(44)56(48)45-23-10-7-20-42(45)43-21-8-11-24-46(43)56/h1,3-5,7-36H,2,6H2. The molecule has 4 nitrogen and oxygen atoms in total. The molecule has 0 fully saturated rings. The van der Waals surface area contributed by atoms with Gasteiger partial charge in [0.15, 0.2) is 0 Å². The lowest BCUT2D eigenvalue weighted by Crippen LogP contribution is -2.26. The summed E-state index contributed by atoms with van der Waals surface area (Å²) in [4.78, 5) is 7.73. The lowest BCUT2D eigenvalue weighted by molar-refractivity contribution is 0.794. The number of para-hydroxylation sites is 2. The summed E-state index contributed by atoms with van der Waals surface area (Å²) in [5.74, 6) is 0.926. The van der Waals surface area contributed by atoms with Crippen molar-refractivity contribution in [2.45, 2.75) is 18.3 Å². The molecular formula is C56H38N4. The molecule has 2 heterocycles. The van der Waals surface area contributed by atoms with E-state index in [4.69, 9.17) is 4.98 Å². The first kappa shape index (κ1) is 33.3. The van der Waals surface area contributed by atoms with E-state index < -0.39 is 5.41 Å². The van der Waals surface area contributed by atoms with Gasteiger partial charge in [0.2, 0.25) is 5.78 Å². The van der Waals surface area contributed by atoms with Gasteiger partial charge in [-0.25, -0.2) is 4.98 Å².